The molecule has 1 unspecified atom stereocenters. The monoisotopic (exact) mass is 186 g/mol. The zero-order valence-electron chi connectivity index (χ0n) is 8.27. The number of nitrogens with two attached hydrogens (primary N) is 1. The summed E-state index contributed by atoms with van der Waals surface area (Å²) in [7, 11) is 0. The minimum absolute atomic E-state index is 0.382. The highest BCUT2D eigenvalue weighted by Crippen LogP contribution is 2.18. The molecule has 1 aromatic carbocycles. The molecular formula is C12H14N2. The molecule has 0 aliphatic carbocycles. The summed E-state index contributed by atoms with van der Waals surface area (Å²) < 4.78 is 0. The van der Waals surface area contributed by atoms with Gasteiger partial charge in [-0.05, 0) is 30.2 Å². The van der Waals surface area contributed by atoms with Gasteiger partial charge in [-0.1, -0.05) is 25.1 Å². The summed E-state index contributed by atoms with van der Waals surface area (Å²) in [5, 5.41) is 1.19. The third-order valence-electron chi connectivity index (χ3n) is 2.53. The Morgan fingerprint density at radius 2 is 2.14 bits per heavy atom. The molecule has 0 spiro atoms. The number of aromatic nitrogens is 1. The SMILES string of the molecule is CC(CN)c1cnc2ccccc2c1. The van der Waals surface area contributed by atoms with Gasteiger partial charge < -0.3 is 5.73 Å². The van der Waals surface area contributed by atoms with Crippen LogP contribution < -0.4 is 5.73 Å². The maximum absolute atomic E-state index is 5.62. The number of benzene rings is 1. The second-order valence-electron chi connectivity index (χ2n) is 3.60. The largest absolute Gasteiger partial charge is 0.330 e. The topological polar surface area (TPSA) is 38.9 Å². The molecule has 2 N–H and O–H groups in total. The molecule has 0 aliphatic rings. The molecule has 1 heterocycles. The summed E-state index contributed by atoms with van der Waals surface area (Å²) in [6.07, 6.45) is 1.92. The molecular weight excluding hydrogens is 172 g/mol. The third-order valence-corrected chi connectivity index (χ3v) is 2.53. The number of hydrogen-bond donors (Lipinski definition) is 1. The smallest absolute Gasteiger partial charge is 0.0702 e. The van der Waals surface area contributed by atoms with E-state index in [1.165, 1.54) is 10.9 Å². The van der Waals surface area contributed by atoms with Crippen molar-refractivity contribution in [2.75, 3.05) is 6.54 Å². The zero-order chi connectivity index (χ0) is 9.97. The molecule has 0 amide bonds. The highest BCUT2D eigenvalue weighted by molar-refractivity contribution is 5.78. The van der Waals surface area contributed by atoms with Crippen LogP contribution in [0.1, 0.15) is 18.4 Å². The Morgan fingerprint density at radius 3 is 2.93 bits per heavy atom. The van der Waals surface area contributed by atoms with Crippen LogP contribution in [0.15, 0.2) is 36.5 Å². The van der Waals surface area contributed by atoms with Gasteiger partial charge in [0.05, 0.1) is 5.52 Å². The Labute approximate surface area is 83.8 Å². The van der Waals surface area contributed by atoms with Crippen LogP contribution in [0.5, 0.6) is 0 Å². The summed E-state index contributed by atoms with van der Waals surface area (Å²) in [5.41, 5.74) is 7.88. The predicted octanol–water partition coefficient (Wildman–Crippen LogP) is 2.30. The first-order valence-corrected chi connectivity index (χ1v) is 4.86. The average Bonchev–Trinajstić information content (AvgIpc) is 2.27. The van der Waals surface area contributed by atoms with E-state index in [-0.39, 0.29) is 0 Å². The van der Waals surface area contributed by atoms with Gasteiger partial charge >= 0.3 is 0 Å². The van der Waals surface area contributed by atoms with Crippen molar-refractivity contribution in [1.29, 1.82) is 0 Å². The van der Waals surface area contributed by atoms with E-state index >= 15 is 0 Å². The van der Waals surface area contributed by atoms with Crippen molar-refractivity contribution in [2.45, 2.75) is 12.8 Å². The van der Waals surface area contributed by atoms with Crippen LogP contribution in [0.4, 0.5) is 0 Å². The van der Waals surface area contributed by atoms with E-state index in [2.05, 4.69) is 24.0 Å². The van der Waals surface area contributed by atoms with Gasteiger partial charge in [-0.3, -0.25) is 4.98 Å². The molecule has 2 aromatic rings. The molecule has 0 saturated carbocycles. The van der Waals surface area contributed by atoms with Gasteiger partial charge in [0.2, 0.25) is 0 Å². The third kappa shape index (κ3) is 1.61. The summed E-state index contributed by atoms with van der Waals surface area (Å²) >= 11 is 0. The maximum Gasteiger partial charge on any atom is 0.0702 e. The van der Waals surface area contributed by atoms with Gasteiger partial charge in [0, 0.05) is 11.6 Å². The molecule has 14 heavy (non-hydrogen) atoms. The van der Waals surface area contributed by atoms with Crippen LogP contribution in [-0.2, 0) is 0 Å². The van der Waals surface area contributed by atoms with Crippen molar-refractivity contribution in [3.63, 3.8) is 0 Å². The highest BCUT2D eigenvalue weighted by Gasteiger charge is 2.03. The van der Waals surface area contributed by atoms with Gasteiger partial charge in [0.25, 0.3) is 0 Å². The van der Waals surface area contributed by atoms with E-state index in [1.807, 2.05) is 24.4 Å². The summed E-state index contributed by atoms with van der Waals surface area (Å²) in [6, 6.07) is 10.3. The van der Waals surface area contributed by atoms with E-state index in [9.17, 15) is 0 Å². The first-order valence-electron chi connectivity index (χ1n) is 4.86. The van der Waals surface area contributed by atoms with Gasteiger partial charge in [0.15, 0.2) is 0 Å². The van der Waals surface area contributed by atoms with Crippen LogP contribution in [0.2, 0.25) is 0 Å². The van der Waals surface area contributed by atoms with Crippen molar-refractivity contribution in [2.24, 2.45) is 5.73 Å². The van der Waals surface area contributed by atoms with Gasteiger partial charge in [0.1, 0.15) is 0 Å². The highest BCUT2D eigenvalue weighted by atomic mass is 14.7. The van der Waals surface area contributed by atoms with E-state index in [1.54, 1.807) is 0 Å². The minimum atomic E-state index is 0.382. The molecule has 0 fully saturated rings. The molecule has 2 nitrogen and oxygen atoms in total. The van der Waals surface area contributed by atoms with Crippen LogP contribution in [-0.4, -0.2) is 11.5 Å². The fourth-order valence-corrected chi connectivity index (χ4v) is 1.49. The number of rotatable bonds is 2. The Bertz CT molecular complexity index is 437. The number of pyridine rings is 1. The molecule has 72 valence electrons. The lowest BCUT2D eigenvalue weighted by Gasteiger charge is -2.08. The molecule has 2 rings (SSSR count). The van der Waals surface area contributed by atoms with Gasteiger partial charge in [-0.25, -0.2) is 0 Å². The zero-order valence-corrected chi connectivity index (χ0v) is 8.27. The number of para-hydroxylation sites is 1. The lowest BCUT2D eigenvalue weighted by Crippen LogP contribution is -2.08. The number of fused-ring (bicyclic) bond motifs is 1. The molecule has 0 bridgehead atoms. The lowest BCUT2D eigenvalue weighted by molar-refractivity contribution is 0.771. The molecule has 1 atom stereocenters. The Balaban J connectivity index is 2.51. The van der Waals surface area contributed by atoms with Crippen LogP contribution >= 0.6 is 0 Å². The van der Waals surface area contributed by atoms with Crippen molar-refractivity contribution in [3.05, 3.63) is 42.1 Å². The second kappa shape index (κ2) is 3.76. The Kier molecular flexibility index (Phi) is 2.46. The van der Waals surface area contributed by atoms with E-state index in [0.29, 0.717) is 12.5 Å². The van der Waals surface area contributed by atoms with Crippen LogP contribution in [0.25, 0.3) is 10.9 Å². The second-order valence-corrected chi connectivity index (χ2v) is 3.60. The molecule has 1 aromatic heterocycles. The Hall–Kier alpha value is -1.41. The number of nitrogens with zero attached hydrogens (tertiary/aromatic N) is 1. The molecule has 0 radical (unpaired) electrons. The van der Waals surface area contributed by atoms with Crippen molar-refractivity contribution < 1.29 is 0 Å². The molecule has 0 saturated heterocycles. The van der Waals surface area contributed by atoms with Crippen LogP contribution in [0, 0.1) is 0 Å². The average molecular weight is 186 g/mol. The molecule has 2 heteroatoms. The fourth-order valence-electron chi connectivity index (χ4n) is 1.49. The first kappa shape index (κ1) is 9.16. The normalized spacial score (nSPS) is 13.0. The predicted molar refractivity (Wildman–Crippen MR) is 59.2 cm³/mol. The number of hydrogen-bond acceptors (Lipinski definition) is 2. The van der Waals surface area contributed by atoms with E-state index in [4.69, 9.17) is 5.73 Å². The van der Waals surface area contributed by atoms with E-state index in [0.717, 1.165) is 5.52 Å². The summed E-state index contributed by atoms with van der Waals surface area (Å²) in [6.45, 7) is 2.78. The quantitative estimate of drug-likeness (QED) is 0.781. The minimum Gasteiger partial charge on any atom is -0.330 e. The standard InChI is InChI=1S/C12H14N2/c1-9(7-13)11-6-10-4-2-3-5-12(10)14-8-11/h2-6,8-9H,7,13H2,1H3. The van der Waals surface area contributed by atoms with Gasteiger partial charge in [-0.15, -0.1) is 0 Å². The maximum atomic E-state index is 5.62. The van der Waals surface area contributed by atoms with Crippen molar-refractivity contribution in [3.8, 4) is 0 Å². The van der Waals surface area contributed by atoms with Crippen molar-refractivity contribution in [1.82, 2.24) is 4.98 Å². The van der Waals surface area contributed by atoms with Crippen molar-refractivity contribution >= 4 is 10.9 Å². The molecule has 0 aliphatic heterocycles. The fraction of sp³-hybridized carbons (Fsp3) is 0.250. The van der Waals surface area contributed by atoms with Crippen LogP contribution in [0.3, 0.4) is 0 Å². The lowest BCUT2D eigenvalue weighted by atomic mass is 10.0. The summed E-state index contributed by atoms with van der Waals surface area (Å²) in [5.74, 6) is 0.382. The summed E-state index contributed by atoms with van der Waals surface area (Å²) in [4.78, 5) is 4.39. The first-order chi connectivity index (χ1) is 6.81. The van der Waals surface area contributed by atoms with Gasteiger partial charge in [-0.2, -0.15) is 0 Å². The van der Waals surface area contributed by atoms with E-state index < -0.39 is 0 Å². The Morgan fingerprint density at radius 1 is 1.36 bits per heavy atom.